The predicted octanol–water partition coefficient (Wildman–Crippen LogP) is 3.19. The molecule has 0 unspecified atom stereocenters. The molecule has 0 fully saturated rings. The summed E-state index contributed by atoms with van der Waals surface area (Å²) in [6, 6.07) is 12.1. The third-order valence-corrected chi connectivity index (χ3v) is 3.86. The highest BCUT2D eigenvalue weighted by Crippen LogP contribution is 2.35. The Morgan fingerprint density at radius 3 is 2.65 bits per heavy atom. The second-order valence-corrected chi connectivity index (χ2v) is 5.17. The number of ketones is 1. The van der Waals surface area contributed by atoms with Gasteiger partial charge < -0.3 is 14.2 Å². The Morgan fingerprint density at radius 2 is 1.91 bits per heavy atom. The Bertz CT molecular complexity index is 766. The zero-order chi connectivity index (χ0) is 16.4. The minimum Gasteiger partial charge on any atom is -0.497 e. The maximum absolute atomic E-state index is 12.6. The molecule has 5 nitrogen and oxygen atoms in total. The number of hydrogen-bond acceptors (Lipinski definition) is 5. The number of esters is 1. The average Bonchev–Trinajstić information content (AvgIpc) is 2.90. The number of hydrogen-bond donors (Lipinski definition) is 0. The normalized spacial score (nSPS) is 15.7. The average molecular weight is 312 g/mol. The van der Waals surface area contributed by atoms with Gasteiger partial charge in [-0.2, -0.15) is 0 Å². The molecule has 1 aliphatic rings. The smallest absolute Gasteiger partial charge is 0.339 e. The number of methoxy groups -OCH3 is 2. The largest absolute Gasteiger partial charge is 0.497 e. The van der Waals surface area contributed by atoms with Crippen LogP contribution in [0.3, 0.4) is 0 Å². The summed E-state index contributed by atoms with van der Waals surface area (Å²) in [7, 11) is 3.04. The summed E-state index contributed by atoms with van der Waals surface area (Å²) < 4.78 is 15.7. The van der Waals surface area contributed by atoms with Crippen LogP contribution in [-0.2, 0) is 4.74 Å². The molecular formula is C18H16O5. The lowest BCUT2D eigenvalue weighted by Gasteiger charge is -2.13. The summed E-state index contributed by atoms with van der Waals surface area (Å²) >= 11 is 0. The molecule has 0 amide bonds. The van der Waals surface area contributed by atoms with Gasteiger partial charge >= 0.3 is 5.97 Å². The summed E-state index contributed by atoms with van der Waals surface area (Å²) in [6.07, 6.45) is -0.483. The Labute approximate surface area is 133 Å². The Hall–Kier alpha value is -2.82. The van der Waals surface area contributed by atoms with Gasteiger partial charge in [0.05, 0.1) is 31.8 Å². The van der Waals surface area contributed by atoms with E-state index < -0.39 is 6.10 Å². The fraction of sp³-hybridized carbons (Fsp3) is 0.222. The molecule has 3 rings (SSSR count). The van der Waals surface area contributed by atoms with Gasteiger partial charge in [0, 0.05) is 11.6 Å². The lowest BCUT2D eigenvalue weighted by atomic mass is 9.98. The number of fused-ring (bicyclic) bond motifs is 1. The van der Waals surface area contributed by atoms with Gasteiger partial charge in [-0.15, -0.1) is 0 Å². The summed E-state index contributed by atoms with van der Waals surface area (Å²) in [6.45, 7) is 0. The fourth-order valence-corrected chi connectivity index (χ4v) is 2.68. The molecular weight excluding hydrogens is 296 g/mol. The van der Waals surface area contributed by atoms with Crippen LogP contribution in [0.1, 0.15) is 38.8 Å². The molecule has 23 heavy (non-hydrogen) atoms. The van der Waals surface area contributed by atoms with Crippen molar-refractivity contribution in [2.24, 2.45) is 0 Å². The third kappa shape index (κ3) is 2.77. The predicted molar refractivity (Wildman–Crippen MR) is 83.1 cm³/mol. The first-order chi connectivity index (χ1) is 11.1. The van der Waals surface area contributed by atoms with E-state index in [9.17, 15) is 9.59 Å². The van der Waals surface area contributed by atoms with Crippen LogP contribution in [0.5, 0.6) is 11.5 Å². The molecule has 118 valence electrons. The van der Waals surface area contributed by atoms with Crippen LogP contribution in [0.2, 0.25) is 0 Å². The number of rotatable bonds is 5. The van der Waals surface area contributed by atoms with Gasteiger partial charge in [-0.25, -0.2) is 4.79 Å². The zero-order valence-electron chi connectivity index (χ0n) is 12.9. The number of carbonyl (C=O) groups is 2. The first kappa shape index (κ1) is 15.1. The highest BCUT2D eigenvalue weighted by molar-refractivity contribution is 6.00. The van der Waals surface area contributed by atoms with Crippen molar-refractivity contribution in [2.45, 2.75) is 12.5 Å². The van der Waals surface area contributed by atoms with E-state index in [1.807, 2.05) is 12.1 Å². The van der Waals surface area contributed by atoms with E-state index in [4.69, 9.17) is 14.2 Å². The molecule has 0 bridgehead atoms. The van der Waals surface area contributed by atoms with Gasteiger partial charge in [-0.1, -0.05) is 18.2 Å². The minimum atomic E-state index is -0.557. The molecule has 2 aromatic carbocycles. The van der Waals surface area contributed by atoms with Gasteiger partial charge in [-0.05, 0) is 18.2 Å². The molecule has 1 heterocycles. The Balaban J connectivity index is 1.85. The molecule has 2 aromatic rings. The maximum Gasteiger partial charge on any atom is 0.339 e. The van der Waals surface area contributed by atoms with Crippen LogP contribution in [0.25, 0.3) is 0 Å². The number of Topliss-reactive ketones (excluding diaryl/α,β-unsaturated/α-hetero) is 1. The van der Waals surface area contributed by atoms with Crippen molar-refractivity contribution in [3.8, 4) is 11.5 Å². The molecule has 0 radical (unpaired) electrons. The molecule has 0 spiro atoms. The van der Waals surface area contributed by atoms with Gasteiger partial charge in [0.15, 0.2) is 5.78 Å². The zero-order valence-corrected chi connectivity index (χ0v) is 12.9. The summed E-state index contributed by atoms with van der Waals surface area (Å²) in [5.41, 5.74) is 1.71. The van der Waals surface area contributed by atoms with E-state index in [1.165, 1.54) is 7.11 Å². The van der Waals surface area contributed by atoms with Crippen molar-refractivity contribution in [3.63, 3.8) is 0 Å². The number of benzene rings is 2. The van der Waals surface area contributed by atoms with E-state index in [-0.39, 0.29) is 18.2 Å². The maximum atomic E-state index is 12.6. The van der Waals surface area contributed by atoms with Crippen LogP contribution >= 0.6 is 0 Å². The standard InChI is InChI=1S/C18H16O5/c1-21-11-7-8-14(16(9-11)22-2)15(19)10-17-12-5-3-4-6-13(12)18(20)23-17/h3-9,17H,10H2,1-2H3/t17-/m0/s1. The molecule has 5 heteroatoms. The van der Waals surface area contributed by atoms with Crippen LogP contribution in [0, 0.1) is 0 Å². The highest BCUT2D eigenvalue weighted by atomic mass is 16.5. The molecule has 0 saturated carbocycles. The summed E-state index contributed by atoms with van der Waals surface area (Å²) in [5, 5.41) is 0. The second-order valence-electron chi connectivity index (χ2n) is 5.17. The van der Waals surface area contributed by atoms with Crippen molar-refractivity contribution < 1.29 is 23.8 Å². The van der Waals surface area contributed by atoms with Gasteiger partial charge in [0.25, 0.3) is 0 Å². The first-order valence-electron chi connectivity index (χ1n) is 7.19. The van der Waals surface area contributed by atoms with E-state index in [1.54, 1.807) is 37.4 Å². The molecule has 0 saturated heterocycles. The van der Waals surface area contributed by atoms with E-state index in [2.05, 4.69) is 0 Å². The number of carbonyl (C=O) groups excluding carboxylic acids is 2. The third-order valence-electron chi connectivity index (χ3n) is 3.86. The van der Waals surface area contributed by atoms with Crippen LogP contribution in [0.15, 0.2) is 42.5 Å². The van der Waals surface area contributed by atoms with E-state index in [0.717, 1.165) is 5.56 Å². The molecule has 0 N–H and O–H groups in total. The van der Waals surface area contributed by atoms with E-state index in [0.29, 0.717) is 22.6 Å². The Kier molecular flexibility index (Phi) is 4.02. The van der Waals surface area contributed by atoms with Crippen molar-refractivity contribution in [2.75, 3.05) is 14.2 Å². The van der Waals surface area contributed by atoms with E-state index >= 15 is 0 Å². The molecule has 1 aliphatic heterocycles. The molecule has 1 atom stereocenters. The summed E-state index contributed by atoms with van der Waals surface area (Å²) in [4.78, 5) is 24.4. The number of ether oxygens (including phenoxy) is 3. The Morgan fingerprint density at radius 1 is 1.13 bits per heavy atom. The number of cyclic esters (lactones) is 1. The monoisotopic (exact) mass is 312 g/mol. The van der Waals surface area contributed by atoms with Crippen molar-refractivity contribution >= 4 is 11.8 Å². The van der Waals surface area contributed by atoms with Crippen molar-refractivity contribution in [1.82, 2.24) is 0 Å². The molecule has 0 aromatic heterocycles. The lowest BCUT2D eigenvalue weighted by molar-refractivity contribution is 0.0367. The van der Waals surface area contributed by atoms with Crippen molar-refractivity contribution in [1.29, 1.82) is 0 Å². The van der Waals surface area contributed by atoms with Crippen LogP contribution in [0.4, 0.5) is 0 Å². The van der Waals surface area contributed by atoms with Crippen LogP contribution in [-0.4, -0.2) is 26.0 Å². The fourth-order valence-electron chi connectivity index (χ4n) is 2.68. The van der Waals surface area contributed by atoms with Crippen molar-refractivity contribution in [3.05, 3.63) is 59.2 Å². The van der Waals surface area contributed by atoms with Gasteiger partial charge in [-0.3, -0.25) is 4.79 Å². The SMILES string of the molecule is COc1ccc(C(=O)C[C@@H]2OC(=O)c3ccccc32)c(OC)c1. The quantitative estimate of drug-likeness (QED) is 0.627. The second kappa shape index (κ2) is 6.12. The van der Waals surface area contributed by atoms with Gasteiger partial charge in [0.2, 0.25) is 0 Å². The highest BCUT2D eigenvalue weighted by Gasteiger charge is 2.32. The lowest BCUT2D eigenvalue weighted by Crippen LogP contribution is -2.09. The van der Waals surface area contributed by atoms with Crippen LogP contribution < -0.4 is 9.47 Å². The first-order valence-corrected chi connectivity index (χ1v) is 7.19. The topological polar surface area (TPSA) is 61.8 Å². The minimum absolute atomic E-state index is 0.0748. The van der Waals surface area contributed by atoms with Gasteiger partial charge in [0.1, 0.15) is 17.6 Å². The summed E-state index contributed by atoms with van der Waals surface area (Å²) in [5.74, 6) is 0.502. The molecule has 0 aliphatic carbocycles.